The normalized spacial score (nSPS) is 37.7. The van der Waals surface area contributed by atoms with Gasteiger partial charge in [0.15, 0.2) is 0 Å². The van der Waals surface area contributed by atoms with Crippen LogP contribution in [0.1, 0.15) is 43.2 Å². The lowest BCUT2D eigenvalue weighted by molar-refractivity contribution is -0.0789. The molecule has 0 spiro atoms. The molecule has 1 aromatic carbocycles. The van der Waals surface area contributed by atoms with E-state index in [1.807, 2.05) is 25.1 Å². The molecule has 4 aliphatic rings. The predicted octanol–water partition coefficient (Wildman–Crippen LogP) is 4.07. The molecule has 0 aromatic heterocycles. The third-order valence-electron chi connectivity index (χ3n) is 5.73. The number of nitrogens with zero attached hydrogens (tertiary/aromatic N) is 1. The molecule has 4 aliphatic carbocycles. The van der Waals surface area contributed by atoms with Crippen molar-refractivity contribution in [1.29, 1.82) is 5.26 Å². The molecule has 0 aliphatic heterocycles. The molecule has 0 radical (unpaired) electrons. The van der Waals surface area contributed by atoms with Gasteiger partial charge in [-0.25, -0.2) is 0 Å². The molecule has 0 atom stereocenters. The molecule has 0 N–H and O–H groups in total. The van der Waals surface area contributed by atoms with Crippen molar-refractivity contribution in [3.05, 3.63) is 29.3 Å². The highest BCUT2D eigenvalue weighted by Gasteiger charge is 2.49. The SMILES string of the molecule is Cc1cc(OC2C3CC4CC(C3)CC2C4)ccc1C#N. The molecule has 2 nitrogen and oxygen atoms in total. The van der Waals surface area contributed by atoms with Gasteiger partial charge in [-0.15, -0.1) is 0 Å². The second-order valence-electron chi connectivity index (χ2n) is 7.10. The molecule has 0 heterocycles. The van der Waals surface area contributed by atoms with Gasteiger partial charge in [-0.05, 0) is 86.5 Å². The maximum Gasteiger partial charge on any atom is 0.120 e. The molecule has 20 heavy (non-hydrogen) atoms. The molecular formula is C18H21NO. The zero-order valence-corrected chi connectivity index (χ0v) is 12.0. The summed E-state index contributed by atoms with van der Waals surface area (Å²) in [5.74, 6) is 4.49. The average molecular weight is 267 g/mol. The Morgan fingerprint density at radius 3 is 2.25 bits per heavy atom. The van der Waals surface area contributed by atoms with E-state index in [4.69, 9.17) is 10.00 Å². The van der Waals surface area contributed by atoms with Crippen LogP contribution >= 0.6 is 0 Å². The van der Waals surface area contributed by atoms with Gasteiger partial charge in [0, 0.05) is 0 Å². The van der Waals surface area contributed by atoms with Gasteiger partial charge in [-0.1, -0.05) is 0 Å². The van der Waals surface area contributed by atoms with Crippen LogP contribution < -0.4 is 4.74 Å². The van der Waals surface area contributed by atoms with Gasteiger partial charge < -0.3 is 4.74 Å². The Morgan fingerprint density at radius 2 is 1.70 bits per heavy atom. The molecule has 0 unspecified atom stereocenters. The number of rotatable bonds is 2. The van der Waals surface area contributed by atoms with Gasteiger partial charge >= 0.3 is 0 Å². The summed E-state index contributed by atoms with van der Waals surface area (Å²) < 4.78 is 6.36. The van der Waals surface area contributed by atoms with E-state index >= 15 is 0 Å². The summed E-state index contributed by atoms with van der Waals surface area (Å²) in [6.45, 7) is 1.99. The minimum atomic E-state index is 0.426. The van der Waals surface area contributed by atoms with Crippen LogP contribution in [0.25, 0.3) is 0 Å². The number of hydrogen-bond donors (Lipinski definition) is 0. The molecule has 4 fully saturated rings. The highest BCUT2D eigenvalue weighted by atomic mass is 16.5. The Kier molecular flexibility index (Phi) is 2.77. The Morgan fingerprint density at radius 1 is 1.05 bits per heavy atom. The molecule has 104 valence electrons. The summed E-state index contributed by atoms with van der Waals surface area (Å²) in [7, 11) is 0. The Hall–Kier alpha value is -1.49. The minimum absolute atomic E-state index is 0.426. The second kappa shape index (κ2) is 4.52. The van der Waals surface area contributed by atoms with Crippen molar-refractivity contribution in [2.24, 2.45) is 23.7 Å². The zero-order valence-electron chi connectivity index (χ0n) is 12.0. The van der Waals surface area contributed by atoms with E-state index in [2.05, 4.69) is 6.07 Å². The lowest BCUT2D eigenvalue weighted by atomic mass is 9.55. The highest BCUT2D eigenvalue weighted by Crippen LogP contribution is 2.54. The molecule has 5 rings (SSSR count). The number of benzene rings is 1. The molecule has 0 amide bonds. The van der Waals surface area contributed by atoms with Crippen molar-refractivity contribution in [2.45, 2.75) is 45.1 Å². The van der Waals surface area contributed by atoms with Crippen LogP contribution in [-0.2, 0) is 0 Å². The van der Waals surface area contributed by atoms with Gasteiger partial charge in [0.2, 0.25) is 0 Å². The van der Waals surface area contributed by atoms with Crippen LogP contribution in [0.15, 0.2) is 18.2 Å². The van der Waals surface area contributed by atoms with Gasteiger partial charge in [0.25, 0.3) is 0 Å². The third-order valence-corrected chi connectivity index (χ3v) is 5.73. The number of nitriles is 1. The summed E-state index contributed by atoms with van der Waals surface area (Å²) in [4.78, 5) is 0. The average Bonchev–Trinajstić information content (AvgIpc) is 2.42. The molecule has 2 heteroatoms. The van der Waals surface area contributed by atoms with Crippen LogP contribution in [0.4, 0.5) is 0 Å². The van der Waals surface area contributed by atoms with Gasteiger partial charge in [-0.3, -0.25) is 0 Å². The predicted molar refractivity (Wildman–Crippen MR) is 77.4 cm³/mol. The smallest absolute Gasteiger partial charge is 0.120 e. The molecular weight excluding hydrogens is 246 g/mol. The third kappa shape index (κ3) is 1.92. The first-order valence-electron chi connectivity index (χ1n) is 7.90. The van der Waals surface area contributed by atoms with E-state index in [-0.39, 0.29) is 0 Å². The van der Waals surface area contributed by atoms with Gasteiger partial charge in [-0.2, -0.15) is 5.26 Å². The number of hydrogen-bond acceptors (Lipinski definition) is 2. The Balaban J connectivity index is 1.55. The van der Waals surface area contributed by atoms with Crippen LogP contribution in [0.2, 0.25) is 0 Å². The quantitative estimate of drug-likeness (QED) is 0.809. The lowest BCUT2D eigenvalue weighted by Crippen LogP contribution is -2.50. The molecule has 4 bridgehead atoms. The fourth-order valence-corrected chi connectivity index (χ4v) is 5.06. The number of aryl methyl sites for hydroxylation is 1. The summed E-state index contributed by atoms with van der Waals surface area (Å²) >= 11 is 0. The fraction of sp³-hybridized carbons (Fsp3) is 0.611. The molecule has 0 saturated heterocycles. The lowest BCUT2D eigenvalue weighted by Gasteiger charge is -2.53. The zero-order chi connectivity index (χ0) is 13.7. The summed E-state index contributed by atoms with van der Waals surface area (Å²) in [6.07, 6.45) is 7.44. The van der Waals surface area contributed by atoms with Crippen LogP contribution in [0.5, 0.6) is 5.75 Å². The van der Waals surface area contributed by atoms with E-state index in [0.29, 0.717) is 6.10 Å². The maximum absolute atomic E-state index is 9.01. The van der Waals surface area contributed by atoms with Gasteiger partial charge in [0.05, 0.1) is 11.6 Å². The van der Waals surface area contributed by atoms with E-state index in [1.165, 1.54) is 32.1 Å². The van der Waals surface area contributed by atoms with Crippen LogP contribution in [0.3, 0.4) is 0 Å². The van der Waals surface area contributed by atoms with Crippen molar-refractivity contribution in [2.75, 3.05) is 0 Å². The van der Waals surface area contributed by atoms with E-state index < -0.39 is 0 Å². The van der Waals surface area contributed by atoms with Crippen molar-refractivity contribution in [3.8, 4) is 11.8 Å². The van der Waals surface area contributed by atoms with Crippen molar-refractivity contribution < 1.29 is 4.74 Å². The largest absolute Gasteiger partial charge is 0.490 e. The standard InChI is InChI=1S/C18H21NO/c1-11-4-17(3-2-14(11)10-19)20-18-15-6-12-5-13(8-15)9-16(18)7-12/h2-4,12-13,15-16,18H,5-9H2,1H3. The first-order valence-corrected chi connectivity index (χ1v) is 7.90. The highest BCUT2D eigenvalue weighted by molar-refractivity contribution is 5.41. The van der Waals surface area contributed by atoms with Crippen molar-refractivity contribution in [3.63, 3.8) is 0 Å². The van der Waals surface area contributed by atoms with E-state index in [1.54, 1.807) is 0 Å². The maximum atomic E-state index is 9.01. The number of ether oxygens (including phenoxy) is 1. The Labute approximate surface area is 120 Å². The first kappa shape index (κ1) is 12.3. The van der Waals surface area contributed by atoms with E-state index in [9.17, 15) is 0 Å². The summed E-state index contributed by atoms with van der Waals surface area (Å²) in [6, 6.07) is 8.11. The molecule has 4 saturated carbocycles. The van der Waals surface area contributed by atoms with Gasteiger partial charge in [0.1, 0.15) is 11.9 Å². The summed E-state index contributed by atoms with van der Waals surface area (Å²) in [5, 5.41) is 9.01. The Bertz CT molecular complexity index is 543. The summed E-state index contributed by atoms with van der Waals surface area (Å²) in [5.41, 5.74) is 1.77. The first-order chi connectivity index (χ1) is 9.72. The van der Waals surface area contributed by atoms with E-state index in [0.717, 1.165) is 40.5 Å². The monoisotopic (exact) mass is 267 g/mol. The van der Waals surface area contributed by atoms with Crippen molar-refractivity contribution >= 4 is 0 Å². The topological polar surface area (TPSA) is 33.0 Å². The van der Waals surface area contributed by atoms with Crippen LogP contribution in [0, 0.1) is 41.9 Å². The van der Waals surface area contributed by atoms with Crippen LogP contribution in [-0.4, -0.2) is 6.10 Å². The molecule has 1 aromatic rings. The van der Waals surface area contributed by atoms with Crippen molar-refractivity contribution in [1.82, 2.24) is 0 Å². The minimum Gasteiger partial charge on any atom is -0.490 e. The fourth-order valence-electron chi connectivity index (χ4n) is 5.06. The second-order valence-corrected chi connectivity index (χ2v) is 7.10.